The lowest BCUT2D eigenvalue weighted by Gasteiger charge is -2.05. The third-order valence-electron chi connectivity index (χ3n) is 2.94. The Kier molecular flexibility index (Phi) is 5.11. The van der Waals surface area contributed by atoms with Gasteiger partial charge in [-0.15, -0.1) is 0 Å². The van der Waals surface area contributed by atoms with Gasteiger partial charge in [0.1, 0.15) is 0 Å². The van der Waals surface area contributed by atoms with Crippen LogP contribution in [-0.4, -0.2) is 17.4 Å². The van der Waals surface area contributed by atoms with Crippen LogP contribution in [0.1, 0.15) is 28.8 Å². The summed E-state index contributed by atoms with van der Waals surface area (Å²) in [6.45, 7) is 0.709. The summed E-state index contributed by atoms with van der Waals surface area (Å²) in [7, 11) is 0. The van der Waals surface area contributed by atoms with E-state index in [1.54, 1.807) is 24.5 Å². The maximum absolute atomic E-state index is 11.7. The molecule has 0 fully saturated rings. The Labute approximate surface area is 113 Å². The first-order valence-electron chi connectivity index (χ1n) is 6.58. The van der Waals surface area contributed by atoms with Crippen LogP contribution in [0.2, 0.25) is 0 Å². The van der Waals surface area contributed by atoms with Crippen molar-refractivity contribution in [2.24, 2.45) is 0 Å². The van der Waals surface area contributed by atoms with Gasteiger partial charge in [-0.1, -0.05) is 30.3 Å². The molecule has 0 aliphatic heterocycles. The van der Waals surface area contributed by atoms with Crippen molar-refractivity contribution in [3.05, 3.63) is 66.0 Å². The smallest absolute Gasteiger partial charge is 0.252 e. The van der Waals surface area contributed by atoms with E-state index in [1.165, 1.54) is 5.56 Å². The molecule has 1 amide bonds. The molecule has 19 heavy (non-hydrogen) atoms. The van der Waals surface area contributed by atoms with Crippen LogP contribution in [0.5, 0.6) is 0 Å². The SMILES string of the molecule is O=C(NCCCCc1ccccc1)c1cccnc1. The zero-order chi connectivity index (χ0) is 13.3. The Hall–Kier alpha value is -2.16. The van der Waals surface area contributed by atoms with Crippen LogP contribution >= 0.6 is 0 Å². The van der Waals surface area contributed by atoms with Crippen LogP contribution in [0.15, 0.2) is 54.9 Å². The standard InChI is InChI=1S/C16H18N2O/c19-16(15-10-6-11-17-13-15)18-12-5-4-9-14-7-2-1-3-8-14/h1-3,6-8,10-11,13H,4-5,9,12H2,(H,18,19). The van der Waals surface area contributed by atoms with E-state index in [9.17, 15) is 4.79 Å². The van der Waals surface area contributed by atoms with Crippen LogP contribution in [-0.2, 0) is 6.42 Å². The second-order valence-corrected chi connectivity index (χ2v) is 4.44. The largest absolute Gasteiger partial charge is 0.352 e. The molecule has 2 rings (SSSR count). The monoisotopic (exact) mass is 254 g/mol. The molecule has 98 valence electrons. The Morgan fingerprint density at radius 1 is 1.05 bits per heavy atom. The van der Waals surface area contributed by atoms with E-state index in [-0.39, 0.29) is 5.91 Å². The minimum absolute atomic E-state index is 0.0483. The predicted molar refractivity (Wildman–Crippen MR) is 76.0 cm³/mol. The molecule has 0 spiro atoms. The van der Waals surface area contributed by atoms with Crippen molar-refractivity contribution in [1.29, 1.82) is 0 Å². The number of unbranched alkanes of at least 4 members (excludes halogenated alkanes) is 1. The van der Waals surface area contributed by atoms with E-state index >= 15 is 0 Å². The van der Waals surface area contributed by atoms with Crippen molar-refractivity contribution in [2.45, 2.75) is 19.3 Å². The molecule has 0 bridgehead atoms. The molecule has 1 aromatic carbocycles. The molecule has 0 radical (unpaired) electrons. The highest BCUT2D eigenvalue weighted by atomic mass is 16.1. The first-order valence-corrected chi connectivity index (χ1v) is 6.58. The third kappa shape index (κ3) is 4.54. The lowest BCUT2D eigenvalue weighted by Crippen LogP contribution is -2.24. The molecule has 0 aliphatic rings. The molecule has 3 heteroatoms. The maximum Gasteiger partial charge on any atom is 0.252 e. The Balaban J connectivity index is 1.63. The molecule has 0 saturated carbocycles. The number of pyridine rings is 1. The van der Waals surface area contributed by atoms with E-state index < -0.39 is 0 Å². The molecule has 1 aromatic heterocycles. The van der Waals surface area contributed by atoms with E-state index in [2.05, 4.69) is 34.6 Å². The molecular formula is C16H18N2O. The van der Waals surface area contributed by atoms with Gasteiger partial charge in [0.2, 0.25) is 0 Å². The maximum atomic E-state index is 11.7. The number of rotatable bonds is 6. The second kappa shape index (κ2) is 7.31. The number of nitrogens with zero attached hydrogens (tertiary/aromatic N) is 1. The second-order valence-electron chi connectivity index (χ2n) is 4.44. The number of amides is 1. The number of aryl methyl sites for hydroxylation is 1. The molecule has 1 N–H and O–H groups in total. The van der Waals surface area contributed by atoms with Crippen molar-refractivity contribution >= 4 is 5.91 Å². The fourth-order valence-electron chi connectivity index (χ4n) is 1.90. The number of carbonyl (C=O) groups is 1. The quantitative estimate of drug-likeness (QED) is 0.805. The van der Waals surface area contributed by atoms with Crippen molar-refractivity contribution < 1.29 is 4.79 Å². The summed E-state index contributed by atoms with van der Waals surface area (Å²) >= 11 is 0. The zero-order valence-corrected chi connectivity index (χ0v) is 10.9. The summed E-state index contributed by atoms with van der Waals surface area (Å²) in [5, 5.41) is 2.91. The fourth-order valence-corrected chi connectivity index (χ4v) is 1.90. The molecule has 3 nitrogen and oxygen atoms in total. The topological polar surface area (TPSA) is 42.0 Å². The van der Waals surface area contributed by atoms with Gasteiger partial charge in [-0.2, -0.15) is 0 Å². The molecule has 1 heterocycles. The number of carbonyl (C=O) groups excluding carboxylic acids is 1. The molecular weight excluding hydrogens is 236 g/mol. The van der Waals surface area contributed by atoms with E-state index in [0.29, 0.717) is 12.1 Å². The average Bonchev–Trinajstić information content (AvgIpc) is 2.49. The number of hydrogen-bond acceptors (Lipinski definition) is 2. The molecule has 2 aromatic rings. The summed E-state index contributed by atoms with van der Waals surface area (Å²) in [5.74, 6) is -0.0483. The van der Waals surface area contributed by atoms with Gasteiger partial charge in [0.15, 0.2) is 0 Å². The summed E-state index contributed by atoms with van der Waals surface area (Å²) in [5.41, 5.74) is 1.96. The number of nitrogens with one attached hydrogen (secondary N) is 1. The molecule has 0 saturated heterocycles. The van der Waals surface area contributed by atoms with Crippen molar-refractivity contribution in [1.82, 2.24) is 10.3 Å². The predicted octanol–water partition coefficient (Wildman–Crippen LogP) is 2.83. The number of benzene rings is 1. The highest BCUT2D eigenvalue weighted by Crippen LogP contribution is 2.04. The summed E-state index contributed by atoms with van der Waals surface area (Å²) < 4.78 is 0. The Bertz CT molecular complexity index is 497. The van der Waals surface area contributed by atoms with Crippen LogP contribution in [0.25, 0.3) is 0 Å². The molecule has 0 aliphatic carbocycles. The van der Waals surface area contributed by atoms with Crippen molar-refractivity contribution in [3.63, 3.8) is 0 Å². The zero-order valence-electron chi connectivity index (χ0n) is 10.9. The average molecular weight is 254 g/mol. The molecule has 0 unspecified atom stereocenters. The minimum atomic E-state index is -0.0483. The van der Waals surface area contributed by atoms with Gasteiger partial charge < -0.3 is 5.32 Å². The van der Waals surface area contributed by atoms with Gasteiger partial charge in [-0.3, -0.25) is 9.78 Å². The highest BCUT2D eigenvalue weighted by molar-refractivity contribution is 5.93. The van der Waals surface area contributed by atoms with Crippen LogP contribution in [0.3, 0.4) is 0 Å². The highest BCUT2D eigenvalue weighted by Gasteiger charge is 2.03. The van der Waals surface area contributed by atoms with Gasteiger partial charge in [0.05, 0.1) is 5.56 Å². The van der Waals surface area contributed by atoms with Gasteiger partial charge >= 0.3 is 0 Å². The van der Waals surface area contributed by atoms with Crippen molar-refractivity contribution in [2.75, 3.05) is 6.54 Å². The lowest BCUT2D eigenvalue weighted by molar-refractivity contribution is 0.0952. The van der Waals surface area contributed by atoms with Gasteiger partial charge in [0.25, 0.3) is 5.91 Å². The first-order chi connectivity index (χ1) is 9.36. The third-order valence-corrected chi connectivity index (χ3v) is 2.94. The van der Waals surface area contributed by atoms with Crippen LogP contribution in [0, 0.1) is 0 Å². The van der Waals surface area contributed by atoms with Crippen LogP contribution < -0.4 is 5.32 Å². The normalized spacial score (nSPS) is 10.1. The summed E-state index contributed by atoms with van der Waals surface area (Å²) in [6.07, 6.45) is 6.37. The Morgan fingerprint density at radius 3 is 2.63 bits per heavy atom. The first kappa shape index (κ1) is 13.3. The van der Waals surface area contributed by atoms with Crippen molar-refractivity contribution in [3.8, 4) is 0 Å². The van der Waals surface area contributed by atoms with Gasteiger partial charge in [0, 0.05) is 18.9 Å². The Morgan fingerprint density at radius 2 is 1.89 bits per heavy atom. The fraction of sp³-hybridized carbons (Fsp3) is 0.250. The van der Waals surface area contributed by atoms with Crippen LogP contribution in [0.4, 0.5) is 0 Å². The molecule has 0 atom stereocenters. The van der Waals surface area contributed by atoms with Gasteiger partial charge in [-0.05, 0) is 37.0 Å². The lowest BCUT2D eigenvalue weighted by atomic mass is 10.1. The summed E-state index contributed by atoms with van der Waals surface area (Å²) in [4.78, 5) is 15.7. The minimum Gasteiger partial charge on any atom is -0.352 e. The summed E-state index contributed by atoms with van der Waals surface area (Å²) in [6, 6.07) is 13.9. The van der Waals surface area contributed by atoms with E-state index in [0.717, 1.165) is 19.3 Å². The van der Waals surface area contributed by atoms with E-state index in [1.807, 2.05) is 6.07 Å². The number of hydrogen-bond donors (Lipinski definition) is 1. The number of aromatic nitrogens is 1. The van der Waals surface area contributed by atoms with E-state index in [4.69, 9.17) is 0 Å². The van der Waals surface area contributed by atoms with Gasteiger partial charge in [-0.25, -0.2) is 0 Å².